The highest BCUT2D eigenvalue weighted by atomic mass is 79.9. The zero-order valence-electron chi connectivity index (χ0n) is 8.41. The zero-order chi connectivity index (χ0) is 10.1. The lowest BCUT2D eigenvalue weighted by Gasteiger charge is -2.18. The Morgan fingerprint density at radius 2 is 2.07 bits per heavy atom. The second kappa shape index (κ2) is 5.27. The van der Waals surface area contributed by atoms with Crippen molar-refractivity contribution in [2.75, 3.05) is 0 Å². The normalized spacial score (nSPS) is 29.9. The van der Waals surface area contributed by atoms with Gasteiger partial charge in [-0.25, -0.2) is 5.43 Å². The Kier molecular flexibility index (Phi) is 4.55. The van der Waals surface area contributed by atoms with Gasteiger partial charge in [0.15, 0.2) is 0 Å². The molecule has 1 aromatic carbocycles. The maximum atomic E-state index is 5.94. The topological polar surface area (TPSA) is 50.1 Å². The van der Waals surface area contributed by atoms with Crippen molar-refractivity contribution in [3.8, 4) is 0 Å². The van der Waals surface area contributed by atoms with Gasteiger partial charge in [0.1, 0.15) is 0 Å². The molecule has 3 unspecified atom stereocenters. The van der Waals surface area contributed by atoms with E-state index in [4.69, 9.17) is 17.3 Å². The maximum absolute atomic E-state index is 5.94. The summed E-state index contributed by atoms with van der Waals surface area (Å²) in [6, 6.07) is 8.18. The molecule has 3 nitrogen and oxygen atoms in total. The van der Waals surface area contributed by atoms with Gasteiger partial charge in [-0.1, -0.05) is 23.7 Å². The molecule has 0 saturated carbocycles. The lowest BCUT2D eigenvalue weighted by Crippen LogP contribution is -2.38. The highest BCUT2D eigenvalue weighted by Crippen LogP contribution is 2.26. The summed E-state index contributed by atoms with van der Waals surface area (Å²) in [4.78, 5) is 0. The molecular formula is C10H15BrClN3. The Hall–Kier alpha value is -0.130. The van der Waals surface area contributed by atoms with Gasteiger partial charge in [-0.3, -0.25) is 5.43 Å². The number of rotatable bonds is 1. The number of benzene rings is 1. The summed E-state index contributed by atoms with van der Waals surface area (Å²) < 4.78 is 0. The molecule has 84 valence electrons. The molecule has 15 heavy (non-hydrogen) atoms. The highest BCUT2D eigenvalue weighted by molar-refractivity contribution is 8.93. The zero-order valence-corrected chi connectivity index (χ0v) is 10.9. The quantitative estimate of drug-likeness (QED) is 0.739. The van der Waals surface area contributed by atoms with Crippen molar-refractivity contribution in [2.24, 2.45) is 5.73 Å². The molecule has 3 atom stereocenters. The summed E-state index contributed by atoms with van der Waals surface area (Å²) in [5, 5.41) is 0.758. The lowest BCUT2D eigenvalue weighted by atomic mass is 9.92. The van der Waals surface area contributed by atoms with Crippen LogP contribution in [-0.4, -0.2) is 12.2 Å². The number of hydrogen-bond donors (Lipinski definition) is 3. The lowest BCUT2D eigenvalue weighted by molar-refractivity contribution is 0.546. The third-order valence-corrected chi connectivity index (χ3v) is 2.87. The van der Waals surface area contributed by atoms with Crippen LogP contribution in [0.25, 0.3) is 0 Å². The number of hydrogen-bond acceptors (Lipinski definition) is 3. The number of nitrogens with one attached hydrogen (secondary N) is 2. The first-order valence-corrected chi connectivity index (χ1v) is 5.08. The molecule has 2 rings (SSSR count). The molecule has 0 amide bonds. The van der Waals surface area contributed by atoms with Crippen LogP contribution in [0.5, 0.6) is 0 Å². The third kappa shape index (κ3) is 2.71. The van der Waals surface area contributed by atoms with Crippen molar-refractivity contribution in [3.63, 3.8) is 0 Å². The van der Waals surface area contributed by atoms with Crippen molar-refractivity contribution in [3.05, 3.63) is 34.9 Å². The first-order chi connectivity index (χ1) is 6.68. The van der Waals surface area contributed by atoms with Crippen LogP contribution in [0.15, 0.2) is 24.3 Å². The maximum Gasteiger partial charge on any atom is 0.0764 e. The van der Waals surface area contributed by atoms with E-state index in [2.05, 4.69) is 23.8 Å². The van der Waals surface area contributed by atoms with Crippen LogP contribution in [0, 0.1) is 0 Å². The molecule has 0 aliphatic carbocycles. The van der Waals surface area contributed by atoms with Gasteiger partial charge in [0.05, 0.1) is 6.17 Å². The number of nitrogens with two attached hydrogens (primary N) is 1. The van der Waals surface area contributed by atoms with E-state index >= 15 is 0 Å². The Balaban J connectivity index is 0.00000112. The van der Waals surface area contributed by atoms with E-state index in [-0.39, 0.29) is 29.1 Å². The largest absolute Gasteiger partial charge is 0.314 e. The van der Waals surface area contributed by atoms with Gasteiger partial charge >= 0.3 is 0 Å². The molecule has 0 spiro atoms. The molecule has 1 saturated heterocycles. The first-order valence-electron chi connectivity index (χ1n) is 4.70. The minimum Gasteiger partial charge on any atom is -0.314 e. The Morgan fingerprint density at radius 1 is 1.33 bits per heavy atom. The average Bonchev–Trinajstić information content (AvgIpc) is 2.46. The molecular weight excluding hydrogens is 277 g/mol. The second-order valence-corrected chi connectivity index (χ2v) is 4.12. The SMILES string of the molecule is Br.CC1NNC(N)C1c1cccc(Cl)c1. The van der Waals surface area contributed by atoms with E-state index in [0.717, 1.165) is 5.02 Å². The minimum atomic E-state index is -0.0523. The van der Waals surface area contributed by atoms with Crippen molar-refractivity contribution >= 4 is 28.6 Å². The van der Waals surface area contributed by atoms with Gasteiger partial charge in [-0.15, -0.1) is 17.0 Å². The molecule has 1 fully saturated rings. The van der Waals surface area contributed by atoms with Crippen LogP contribution in [0.4, 0.5) is 0 Å². The molecule has 1 heterocycles. The van der Waals surface area contributed by atoms with Crippen molar-refractivity contribution in [2.45, 2.75) is 25.0 Å². The standard InChI is InChI=1S/C10H14ClN3.BrH/c1-6-9(10(12)14-13-6)7-3-2-4-8(11)5-7;/h2-6,9-10,13-14H,12H2,1H3;1H. The summed E-state index contributed by atoms with van der Waals surface area (Å²) >= 11 is 5.94. The van der Waals surface area contributed by atoms with Crippen molar-refractivity contribution in [1.82, 2.24) is 10.9 Å². The fourth-order valence-electron chi connectivity index (χ4n) is 1.93. The van der Waals surface area contributed by atoms with E-state index < -0.39 is 0 Å². The first kappa shape index (κ1) is 12.9. The summed E-state index contributed by atoms with van der Waals surface area (Å²) in [6.07, 6.45) is -0.0523. The summed E-state index contributed by atoms with van der Waals surface area (Å²) in [7, 11) is 0. The van der Waals surface area contributed by atoms with Crippen molar-refractivity contribution < 1.29 is 0 Å². The number of halogens is 2. The van der Waals surface area contributed by atoms with Crippen LogP contribution in [-0.2, 0) is 0 Å². The van der Waals surface area contributed by atoms with Crippen LogP contribution in [0.2, 0.25) is 5.02 Å². The van der Waals surface area contributed by atoms with Gasteiger partial charge in [0, 0.05) is 17.0 Å². The molecule has 5 heteroatoms. The Labute approximate surface area is 105 Å². The molecule has 0 radical (unpaired) electrons. The van der Waals surface area contributed by atoms with E-state index in [1.807, 2.05) is 18.2 Å². The highest BCUT2D eigenvalue weighted by Gasteiger charge is 2.31. The van der Waals surface area contributed by atoms with Gasteiger partial charge in [-0.2, -0.15) is 0 Å². The van der Waals surface area contributed by atoms with E-state index in [9.17, 15) is 0 Å². The van der Waals surface area contributed by atoms with Crippen LogP contribution in [0.3, 0.4) is 0 Å². The van der Waals surface area contributed by atoms with Gasteiger partial charge in [0.2, 0.25) is 0 Å². The smallest absolute Gasteiger partial charge is 0.0764 e. The van der Waals surface area contributed by atoms with Crippen LogP contribution < -0.4 is 16.6 Å². The molecule has 1 aliphatic heterocycles. The molecule has 0 bridgehead atoms. The van der Waals surface area contributed by atoms with E-state index in [1.54, 1.807) is 0 Å². The summed E-state index contributed by atoms with van der Waals surface area (Å²) in [5.74, 6) is 0.272. The second-order valence-electron chi connectivity index (χ2n) is 3.68. The van der Waals surface area contributed by atoms with Gasteiger partial charge in [0.25, 0.3) is 0 Å². The van der Waals surface area contributed by atoms with E-state index in [1.165, 1.54) is 5.56 Å². The minimum absolute atomic E-state index is 0. The summed E-state index contributed by atoms with van der Waals surface area (Å²) in [6.45, 7) is 2.10. The van der Waals surface area contributed by atoms with E-state index in [0.29, 0.717) is 6.04 Å². The van der Waals surface area contributed by atoms with Gasteiger partial charge < -0.3 is 5.73 Å². The fourth-order valence-corrected chi connectivity index (χ4v) is 2.13. The van der Waals surface area contributed by atoms with Crippen LogP contribution in [0.1, 0.15) is 18.4 Å². The van der Waals surface area contributed by atoms with Crippen LogP contribution >= 0.6 is 28.6 Å². The van der Waals surface area contributed by atoms with Crippen molar-refractivity contribution in [1.29, 1.82) is 0 Å². The molecule has 1 aromatic rings. The molecule has 0 aromatic heterocycles. The monoisotopic (exact) mass is 291 g/mol. The predicted octanol–water partition coefficient (Wildman–Crippen LogP) is 1.78. The Morgan fingerprint density at radius 3 is 2.60 bits per heavy atom. The molecule has 4 N–H and O–H groups in total. The Bertz CT molecular complexity index is 324. The summed E-state index contributed by atoms with van der Waals surface area (Å²) in [5.41, 5.74) is 13.3. The number of hydrazine groups is 1. The predicted molar refractivity (Wildman–Crippen MR) is 68.2 cm³/mol. The average molecular weight is 293 g/mol. The molecule has 1 aliphatic rings. The fraction of sp³-hybridized carbons (Fsp3) is 0.400. The third-order valence-electron chi connectivity index (χ3n) is 2.64. The van der Waals surface area contributed by atoms with Gasteiger partial charge in [-0.05, 0) is 24.6 Å².